The van der Waals surface area contributed by atoms with Crippen molar-refractivity contribution in [3.05, 3.63) is 23.3 Å². The average Bonchev–Trinajstić information content (AvgIpc) is 2.76. The Balaban J connectivity index is 0.00000240. The van der Waals surface area contributed by atoms with Crippen LogP contribution in [0.4, 0.5) is 0 Å². The normalized spacial score (nSPS) is 25.8. The summed E-state index contributed by atoms with van der Waals surface area (Å²) < 4.78 is 11.0. The maximum absolute atomic E-state index is 5.50. The summed E-state index contributed by atoms with van der Waals surface area (Å²) in [6.07, 6.45) is 0.990. The minimum absolute atomic E-state index is 0. The first-order chi connectivity index (χ1) is 13.7. The molecule has 3 fully saturated rings. The average molecular weight is 515 g/mol. The molecule has 0 spiro atoms. The Morgan fingerprint density at radius 1 is 1.07 bits per heavy atom. The third-order valence-corrected chi connectivity index (χ3v) is 6.20. The van der Waals surface area contributed by atoms with E-state index in [0.717, 1.165) is 56.6 Å². The lowest BCUT2D eigenvalue weighted by Crippen LogP contribution is -2.62. The number of aliphatic imine (C=N–C) groups is 1. The molecule has 29 heavy (non-hydrogen) atoms. The van der Waals surface area contributed by atoms with Gasteiger partial charge in [-0.25, -0.2) is 0 Å². The summed E-state index contributed by atoms with van der Waals surface area (Å²) in [4.78, 5) is 12.6. The number of rotatable bonds is 5. The summed E-state index contributed by atoms with van der Waals surface area (Å²) in [6, 6.07) is 4.79. The summed E-state index contributed by atoms with van der Waals surface area (Å²) in [5.74, 6) is 2.64. The zero-order chi connectivity index (χ0) is 19.5. The molecule has 5 rings (SSSR count). The molecule has 1 unspecified atom stereocenters. The minimum atomic E-state index is 0. The molecule has 0 saturated carbocycles. The Labute approximate surface area is 191 Å². The number of benzene rings is 1. The van der Waals surface area contributed by atoms with Crippen molar-refractivity contribution in [1.82, 2.24) is 20.0 Å². The van der Waals surface area contributed by atoms with Crippen LogP contribution in [0.1, 0.15) is 18.1 Å². The van der Waals surface area contributed by atoms with Crippen molar-refractivity contribution in [3.8, 4) is 11.5 Å². The van der Waals surface area contributed by atoms with Gasteiger partial charge in [-0.1, -0.05) is 0 Å². The van der Waals surface area contributed by atoms with Crippen LogP contribution < -0.4 is 14.8 Å². The lowest BCUT2D eigenvalue weighted by atomic mass is 9.99. The number of fused-ring (bicyclic) bond motifs is 4. The lowest BCUT2D eigenvalue weighted by Gasteiger charge is -2.47. The van der Waals surface area contributed by atoms with E-state index in [2.05, 4.69) is 39.1 Å². The lowest BCUT2D eigenvalue weighted by molar-refractivity contribution is 0.0173. The van der Waals surface area contributed by atoms with E-state index in [0.29, 0.717) is 6.04 Å². The Kier molecular flexibility index (Phi) is 7.86. The molecule has 4 aliphatic heterocycles. The number of hydrogen-bond donors (Lipinski definition) is 1. The third kappa shape index (κ3) is 4.91. The van der Waals surface area contributed by atoms with Crippen molar-refractivity contribution in [3.63, 3.8) is 0 Å². The van der Waals surface area contributed by atoms with Gasteiger partial charge in [-0.15, -0.1) is 24.0 Å². The highest BCUT2D eigenvalue weighted by molar-refractivity contribution is 14.0. The topological polar surface area (TPSA) is 52.6 Å². The number of nitrogens with zero attached hydrogens (tertiary/aromatic N) is 4. The first-order valence-corrected chi connectivity index (χ1v) is 10.4. The van der Waals surface area contributed by atoms with E-state index < -0.39 is 0 Å². The second-order valence-electron chi connectivity index (χ2n) is 7.83. The smallest absolute Gasteiger partial charge is 0.194 e. The summed E-state index contributed by atoms with van der Waals surface area (Å²) in [6.45, 7) is 11.7. The SMILES string of the molecule is CCNC(=NCC1CN2CCN1CC2)N1CCc2cc(OC)c(OC)cc2C1.I. The van der Waals surface area contributed by atoms with Crippen LogP contribution >= 0.6 is 24.0 Å². The molecule has 3 saturated heterocycles. The Bertz CT molecular complexity index is 721. The van der Waals surface area contributed by atoms with E-state index in [4.69, 9.17) is 14.5 Å². The molecule has 1 atom stereocenters. The molecule has 4 aliphatic rings. The van der Waals surface area contributed by atoms with Crippen LogP contribution in [-0.4, -0.2) is 93.3 Å². The van der Waals surface area contributed by atoms with Gasteiger partial charge in [0.25, 0.3) is 0 Å². The van der Waals surface area contributed by atoms with Crippen molar-refractivity contribution in [2.45, 2.75) is 25.9 Å². The van der Waals surface area contributed by atoms with Gasteiger partial charge >= 0.3 is 0 Å². The fourth-order valence-corrected chi connectivity index (χ4v) is 4.58. The highest BCUT2D eigenvalue weighted by atomic mass is 127. The number of ether oxygens (including phenoxy) is 2. The van der Waals surface area contributed by atoms with Gasteiger partial charge in [-0.05, 0) is 36.6 Å². The fourth-order valence-electron chi connectivity index (χ4n) is 4.58. The second-order valence-corrected chi connectivity index (χ2v) is 7.83. The van der Waals surface area contributed by atoms with Gasteiger partial charge in [0.2, 0.25) is 0 Å². The molecule has 2 bridgehead atoms. The van der Waals surface area contributed by atoms with Crippen LogP contribution in [-0.2, 0) is 13.0 Å². The van der Waals surface area contributed by atoms with Crippen LogP contribution in [0.3, 0.4) is 0 Å². The number of hydrogen-bond acceptors (Lipinski definition) is 5. The van der Waals surface area contributed by atoms with Gasteiger partial charge in [0, 0.05) is 58.4 Å². The van der Waals surface area contributed by atoms with Crippen LogP contribution in [0.5, 0.6) is 11.5 Å². The van der Waals surface area contributed by atoms with E-state index in [1.165, 1.54) is 37.3 Å². The molecule has 1 N–H and O–H groups in total. The molecule has 0 amide bonds. The van der Waals surface area contributed by atoms with E-state index in [-0.39, 0.29) is 24.0 Å². The third-order valence-electron chi connectivity index (χ3n) is 6.20. The van der Waals surface area contributed by atoms with Gasteiger partial charge in [0.1, 0.15) is 0 Å². The van der Waals surface area contributed by atoms with Gasteiger partial charge in [-0.2, -0.15) is 0 Å². The van der Waals surface area contributed by atoms with Gasteiger partial charge < -0.3 is 19.7 Å². The predicted molar refractivity (Wildman–Crippen MR) is 127 cm³/mol. The molecule has 8 heteroatoms. The van der Waals surface area contributed by atoms with Crippen molar-refractivity contribution in [1.29, 1.82) is 0 Å². The molecule has 0 aromatic heterocycles. The van der Waals surface area contributed by atoms with E-state index in [9.17, 15) is 0 Å². The molecule has 0 aliphatic carbocycles. The Morgan fingerprint density at radius 2 is 1.76 bits per heavy atom. The first-order valence-electron chi connectivity index (χ1n) is 10.4. The summed E-state index contributed by atoms with van der Waals surface area (Å²) in [5.41, 5.74) is 2.63. The number of piperazine rings is 3. The van der Waals surface area contributed by atoms with E-state index in [1.807, 2.05) is 0 Å². The Morgan fingerprint density at radius 3 is 2.34 bits per heavy atom. The van der Waals surface area contributed by atoms with E-state index in [1.54, 1.807) is 14.2 Å². The number of nitrogens with one attached hydrogen (secondary N) is 1. The largest absolute Gasteiger partial charge is 0.493 e. The summed E-state index contributed by atoms with van der Waals surface area (Å²) >= 11 is 0. The molecule has 1 aromatic rings. The molecule has 1 aromatic carbocycles. The molecule has 162 valence electrons. The molecule has 0 radical (unpaired) electrons. The van der Waals surface area contributed by atoms with Crippen LogP contribution in [0, 0.1) is 0 Å². The van der Waals surface area contributed by atoms with Crippen LogP contribution in [0.25, 0.3) is 0 Å². The first kappa shape index (κ1) is 22.4. The quantitative estimate of drug-likeness (QED) is 0.366. The Hall–Kier alpha value is -1.26. The zero-order valence-corrected chi connectivity index (χ0v) is 20.1. The van der Waals surface area contributed by atoms with Gasteiger partial charge in [-0.3, -0.25) is 14.8 Å². The molecular formula is C21H34IN5O2. The van der Waals surface area contributed by atoms with Crippen LogP contribution in [0.2, 0.25) is 0 Å². The van der Waals surface area contributed by atoms with Gasteiger partial charge in [0.05, 0.1) is 20.8 Å². The number of halogens is 1. The number of guanidine groups is 1. The van der Waals surface area contributed by atoms with E-state index >= 15 is 0 Å². The number of methoxy groups -OCH3 is 2. The summed E-state index contributed by atoms with van der Waals surface area (Å²) in [5, 5.41) is 3.51. The van der Waals surface area contributed by atoms with Crippen molar-refractivity contribution in [2.75, 3.05) is 66.6 Å². The maximum Gasteiger partial charge on any atom is 0.194 e. The highest BCUT2D eigenvalue weighted by Gasteiger charge is 2.31. The predicted octanol–water partition coefficient (Wildman–Crippen LogP) is 1.65. The molecular weight excluding hydrogens is 481 g/mol. The van der Waals surface area contributed by atoms with Crippen molar-refractivity contribution in [2.24, 2.45) is 4.99 Å². The summed E-state index contributed by atoms with van der Waals surface area (Å²) in [7, 11) is 3.39. The van der Waals surface area contributed by atoms with Gasteiger partial charge in [0.15, 0.2) is 17.5 Å². The minimum Gasteiger partial charge on any atom is -0.493 e. The molecule has 4 heterocycles. The maximum atomic E-state index is 5.50. The van der Waals surface area contributed by atoms with Crippen molar-refractivity contribution >= 4 is 29.9 Å². The standard InChI is InChI=1S/C21H33N5O2.HI/c1-4-22-21(23-13-18-15-24-7-9-25(18)10-8-24)26-6-5-16-11-19(27-2)20(28-3)12-17(16)14-26;/h11-12,18H,4-10,13-15H2,1-3H3,(H,22,23);1H. The zero-order valence-electron chi connectivity index (χ0n) is 17.8. The fraction of sp³-hybridized carbons (Fsp3) is 0.667. The molecule has 7 nitrogen and oxygen atoms in total. The van der Waals surface area contributed by atoms with Crippen LogP contribution in [0.15, 0.2) is 17.1 Å². The highest BCUT2D eigenvalue weighted by Crippen LogP contribution is 2.33. The van der Waals surface area contributed by atoms with Crippen molar-refractivity contribution < 1.29 is 9.47 Å². The monoisotopic (exact) mass is 515 g/mol. The second kappa shape index (κ2) is 10.2.